The Morgan fingerprint density at radius 3 is 2.50 bits per heavy atom. The average molecular weight is 245 g/mol. The predicted molar refractivity (Wildman–Crippen MR) is 64.4 cm³/mol. The number of rotatable bonds is 5. The fourth-order valence-electron chi connectivity index (χ4n) is 1.68. The number of nitrogens with one attached hydrogen (secondary N) is 1. The molecule has 0 spiro atoms. The van der Waals surface area contributed by atoms with Crippen molar-refractivity contribution in [2.24, 2.45) is 0 Å². The van der Waals surface area contributed by atoms with Gasteiger partial charge >= 0.3 is 0 Å². The number of hydrogen-bond donors (Lipinski definition) is 2. The molecule has 1 rings (SSSR count). The molecule has 16 heavy (non-hydrogen) atoms. The van der Waals surface area contributed by atoms with Gasteiger partial charge in [-0.3, -0.25) is 9.59 Å². The van der Waals surface area contributed by atoms with Crippen LogP contribution in [-0.4, -0.2) is 40.4 Å². The number of amides is 1. The lowest BCUT2D eigenvalue weighted by atomic mass is 9.97. The van der Waals surface area contributed by atoms with E-state index in [0.717, 1.165) is 25.7 Å². The van der Waals surface area contributed by atoms with E-state index in [1.54, 1.807) is 11.8 Å². The van der Waals surface area contributed by atoms with E-state index >= 15 is 0 Å². The number of ketones is 1. The van der Waals surface area contributed by atoms with E-state index in [-0.39, 0.29) is 24.3 Å². The first-order chi connectivity index (χ1) is 7.58. The number of hydrogen-bond acceptors (Lipinski definition) is 4. The van der Waals surface area contributed by atoms with Crippen LogP contribution in [0.3, 0.4) is 0 Å². The lowest BCUT2D eigenvalue weighted by Crippen LogP contribution is -2.30. The van der Waals surface area contributed by atoms with Crippen LogP contribution in [0.5, 0.6) is 0 Å². The number of thioether (sulfide) groups is 1. The second-order valence-electron chi connectivity index (χ2n) is 4.22. The third-order valence-corrected chi connectivity index (χ3v) is 4.00. The van der Waals surface area contributed by atoms with Crippen LogP contribution in [0.1, 0.15) is 32.6 Å². The Kier molecular flexibility index (Phi) is 5.84. The highest BCUT2D eigenvalue weighted by Crippen LogP contribution is 2.28. The summed E-state index contributed by atoms with van der Waals surface area (Å²) >= 11 is 1.62. The molecule has 0 aliphatic heterocycles. The summed E-state index contributed by atoms with van der Waals surface area (Å²) in [5.41, 5.74) is 0. The van der Waals surface area contributed by atoms with Crippen molar-refractivity contribution >= 4 is 23.5 Å². The number of aliphatic hydroxyl groups is 1. The minimum atomic E-state index is -0.150. The molecular formula is C11H19NO3S. The minimum Gasteiger partial charge on any atom is -0.393 e. The molecule has 4 nitrogen and oxygen atoms in total. The molecule has 1 aliphatic rings. The third kappa shape index (κ3) is 5.51. The first kappa shape index (κ1) is 13.5. The molecule has 1 aliphatic carbocycles. The normalized spacial score (nSPS) is 25.1. The summed E-state index contributed by atoms with van der Waals surface area (Å²) in [5.74, 6) is 0.305. The number of Topliss-reactive ketones (excluding diaryl/α,β-unsaturated/α-hetero) is 1. The zero-order valence-corrected chi connectivity index (χ0v) is 10.4. The van der Waals surface area contributed by atoms with Gasteiger partial charge in [-0.15, -0.1) is 11.8 Å². The molecule has 0 saturated heterocycles. The summed E-state index contributed by atoms with van der Waals surface area (Å²) in [5, 5.41) is 12.4. The van der Waals surface area contributed by atoms with Gasteiger partial charge in [0.25, 0.3) is 0 Å². The zero-order chi connectivity index (χ0) is 12.0. The number of carbonyl (C=O) groups excluding carboxylic acids is 2. The molecule has 0 aromatic rings. The lowest BCUT2D eigenvalue weighted by Gasteiger charge is -2.24. The second-order valence-corrected chi connectivity index (χ2v) is 5.51. The Morgan fingerprint density at radius 2 is 1.94 bits per heavy atom. The highest BCUT2D eigenvalue weighted by Gasteiger charge is 2.20. The maximum Gasteiger partial charge on any atom is 0.230 e. The van der Waals surface area contributed by atoms with Gasteiger partial charge in [0.05, 0.1) is 18.4 Å². The van der Waals surface area contributed by atoms with Crippen molar-refractivity contribution in [3.8, 4) is 0 Å². The van der Waals surface area contributed by atoms with E-state index in [2.05, 4.69) is 5.32 Å². The van der Waals surface area contributed by atoms with Gasteiger partial charge in [0.2, 0.25) is 5.91 Å². The number of carbonyl (C=O) groups is 2. The summed E-state index contributed by atoms with van der Waals surface area (Å²) < 4.78 is 0. The van der Waals surface area contributed by atoms with Crippen LogP contribution in [0.15, 0.2) is 0 Å². The van der Waals surface area contributed by atoms with Crippen molar-refractivity contribution < 1.29 is 14.7 Å². The van der Waals surface area contributed by atoms with Crippen LogP contribution < -0.4 is 5.32 Å². The van der Waals surface area contributed by atoms with Crippen molar-refractivity contribution in [2.75, 3.05) is 12.3 Å². The molecule has 0 aromatic heterocycles. The van der Waals surface area contributed by atoms with Gasteiger partial charge in [0.1, 0.15) is 5.78 Å². The standard InChI is InChI=1S/C11H19NO3S/c1-8(13)6-12-11(15)7-16-10-4-2-9(14)3-5-10/h9-10,14H,2-7H2,1H3,(H,12,15). The summed E-state index contributed by atoms with van der Waals surface area (Å²) in [6.07, 6.45) is 3.49. The van der Waals surface area contributed by atoms with Crippen LogP contribution in [-0.2, 0) is 9.59 Å². The predicted octanol–water partition coefficient (Wildman–Crippen LogP) is 0.728. The molecule has 0 heterocycles. The Morgan fingerprint density at radius 1 is 1.31 bits per heavy atom. The lowest BCUT2D eigenvalue weighted by molar-refractivity contribution is -0.122. The molecular weight excluding hydrogens is 226 g/mol. The molecule has 1 saturated carbocycles. The van der Waals surface area contributed by atoms with Gasteiger partial charge < -0.3 is 10.4 Å². The molecule has 2 N–H and O–H groups in total. The molecule has 5 heteroatoms. The van der Waals surface area contributed by atoms with Gasteiger partial charge in [-0.05, 0) is 32.6 Å². The van der Waals surface area contributed by atoms with E-state index in [9.17, 15) is 14.7 Å². The summed E-state index contributed by atoms with van der Waals surface area (Å²) in [7, 11) is 0. The van der Waals surface area contributed by atoms with Gasteiger partial charge in [0.15, 0.2) is 0 Å². The maximum atomic E-state index is 11.3. The quantitative estimate of drug-likeness (QED) is 0.749. The van der Waals surface area contributed by atoms with Crippen LogP contribution in [0.2, 0.25) is 0 Å². The highest BCUT2D eigenvalue weighted by atomic mass is 32.2. The highest BCUT2D eigenvalue weighted by molar-refractivity contribution is 8.00. The summed E-state index contributed by atoms with van der Waals surface area (Å²) in [6, 6.07) is 0. The average Bonchev–Trinajstić information content (AvgIpc) is 2.25. The Hall–Kier alpha value is -0.550. The molecule has 0 unspecified atom stereocenters. The Labute approximate surface area is 100 Å². The van der Waals surface area contributed by atoms with Crippen molar-refractivity contribution in [2.45, 2.75) is 44.0 Å². The second kappa shape index (κ2) is 6.91. The van der Waals surface area contributed by atoms with Crippen LogP contribution in [0.25, 0.3) is 0 Å². The molecule has 1 fully saturated rings. The molecule has 1 amide bonds. The third-order valence-electron chi connectivity index (χ3n) is 2.63. The fraction of sp³-hybridized carbons (Fsp3) is 0.818. The smallest absolute Gasteiger partial charge is 0.230 e. The molecule has 0 radical (unpaired) electrons. The monoisotopic (exact) mass is 245 g/mol. The minimum absolute atomic E-state index is 0.0286. The SMILES string of the molecule is CC(=O)CNC(=O)CSC1CCC(O)CC1. The van der Waals surface area contributed by atoms with Gasteiger partial charge in [-0.25, -0.2) is 0 Å². The fourth-order valence-corrected chi connectivity index (χ4v) is 2.77. The largest absolute Gasteiger partial charge is 0.393 e. The van der Waals surface area contributed by atoms with E-state index in [1.807, 2.05) is 0 Å². The first-order valence-electron chi connectivity index (χ1n) is 5.63. The summed E-state index contributed by atoms with van der Waals surface area (Å²) in [6.45, 7) is 1.58. The molecule has 0 bridgehead atoms. The first-order valence-corrected chi connectivity index (χ1v) is 6.68. The van der Waals surface area contributed by atoms with Crippen molar-refractivity contribution in [1.82, 2.24) is 5.32 Å². The maximum absolute atomic E-state index is 11.3. The Bertz CT molecular complexity index is 250. The van der Waals surface area contributed by atoms with E-state index < -0.39 is 0 Å². The number of aliphatic hydroxyl groups excluding tert-OH is 1. The van der Waals surface area contributed by atoms with E-state index in [1.165, 1.54) is 6.92 Å². The topological polar surface area (TPSA) is 66.4 Å². The van der Waals surface area contributed by atoms with Crippen LogP contribution in [0, 0.1) is 0 Å². The van der Waals surface area contributed by atoms with Crippen molar-refractivity contribution in [3.05, 3.63) is 0 Å². The van der Waals surface area contributed by atoms with E-state index in [0.29, 0.717) is 11.0 Å². The van der Waals surface area contributed by atoms with Gasteiger partial charge in [0, 0.05) is 5.25 Å². The van der Waals surface area contributed by atoms with Crippen LogP contribution >= 0.6 is 11.8 Å². The van der Waals surface area contributed by atoms with Gasteiger partial charge in [-0.1, -0.05) is 0 Å². The summed E-state index contributed by atoms with van der Waals surface area (Å²) in [4.78, 5) is 22.0. The van der Waals surface area contributed by atoms with Crippen molar-refractivity contribution in [1.29, 1.82) is 0 Å². The Balaban J connectivity index is 2.09. The molecule has 92 valence electrons. The zero-order valence-electron chi connectivity index (χ0n) is 9.57. The van der Waals surface area contributed by atoms with Crippen molar-refractivity contribution in [3.63, 3.8) is 0 Å². The van der Waals surface area contributed by atoms with Gasteiger partial charge in [-0.2, -0.15) is 0 Å². The van der Waals surface area contributed by atoms with E-state index in [4.69, 9.17) is 0 Å². The molecule has 0 aromatic carbocycles. The van der Waals surface area contributed by atoms with Crippen LogP contribution in [0.4, 0.5) is 0 Å². The molecule has 0 atom stereocenters.